The summed E-state index contributed by atoms with van der Waals surface area (Å²) in [6, 6.07) is 11.2. The molecule has 0 unspecified atom stereocenters. The third-order valence-corrected chi connectivity index (χ3v) is 6.35. The number of nitrogens with zero attached hydrogens (tertiary/aromatic N) is 5. The Balaban J connectivity index is 1.60. The highest BCUT2D eigenvalue weighted by Gasteiger charge is 2.20. The van der Waals surface area contributed by atoms with Gasteiger partial charge < -0.3 is 19.1 Å². The van der Waals surface area contributed by atoms with Gasteiger partial charge in [0.05, 0.1) is 19.0 Å². The Hall–Kier alpha value is -4.47. The maximum Gasteiger partial charge on any atom is 0.278 e. The van der Waals surface area contributed by atoms with Gasteiger partial charge in [0.1, 0.15) is 29.9 Å². The molecular formula is C26H26N6O4. The van der Waals surface area contributed by atoms with Gasteiger partial charge in [-0.1, -0.05) is 24.2 Å². The van der Waals surface area contributed by atoms with Gasteiger partial charge in [-0.3, -0.25) is 14.2 Å². The Labute approximate surface area is 206 Å². The van der Waals surface area contributed by atoms with Crippen molar-refractivity contribution in [1.82, 2.24) is 24.3 Å². The lowest BCUT2D eigenvalue weighted by Crippen LogP contribution is -2.25. The van der Waals surface area contributed by atoms with Crippen molar-refractivity contribution in [2.75, 3.05) is 12.4 Å². The third-order valence-electron chi connectivity index (χ3n) is 6.35. The number of ether oxygens (including phenoxy) is 1. The molecule has 3 aromatic heterocycles. The first-order chi connectivity index (χ1) is 17.4. The van der Waals surface area contributed by atoms with E-state index in [9.17, 15) is 9.59 Å². The van der Waals surface area contributed by atoms with E-state index in [1.165, 1.54) is 10.9 Å². The maximum atomic E-state index is 13.6. The van der Waals surface area contributed by atoms with E-state index in [0.29, 0.717) is 40.4 Å². The first-order valence-electron chi connectivity index (χ1n) is 11.6. The molecule has 36 heavy (non-hydrogen) atoms. The van der Waals surface area contributed by atoms with Crippen molar-refractivity contribution in [1.29, 1.82) is 0 Å². The van der Waals surface area contributed by atoms with Crippen molar-refractivity contribution in [3.8, 4) is 5.75 Å². The Morgan fingerprint density at radius 1 is 1.19 bits per heavy atom. The monoisotopic (exact) mass is 486 g/mol. The van der Waals surface area contributed by atoms with Crippen LogP contribution in [0.1, 0.15) is 29.8 Å². The normalized spacial score (nSPS) is 11.3. The molecule has 0 radical (unpaired) electrons. The average Bonchev–Trinajstić information content (AvgIpc) is 3.46. The van der Waals surface area contributed by atoms with E-state index >= 15 is 0 Å². The quantitative estimate of drug-likeness (QED) is 0.373. The molecule has 0 aliphatic heterocycles. The van der Waals surface area contributed by atoms with Crippen LogP contribution in [0.2, 0.25) is 0 Å². The fourth-order valence-corrected chi connectivity index (χ4v) is 4.25. The molecule has 5 aromatic rings. The molecule has 0 fully saturated rings. The smallest absolute Gasteiger partial charge is 0.278 e. The molecule has 2 aromatic carbocycles. The zero-order chi connectivity index (χ0) is 25.4. The fourth-order valence-electron chi connectivity index (χ4n) is 4.25. The number of hydrogen-bond donors (Lipinski definition) is 1. The first kappa shape index (κ1) is 23.3. The van der Waals surface area contributed by atoms with Crippen LogP contribution in [0.15, 0.2) is 52.0 Å². The summed E-state index contributed by atoms with van der Waals surface area (Å²) in [6.07, 6.45) is 2.08. The van der Waals surface area contributed by atoms with Crippen LogP contribution in [0, 0.1) is 13.8 Å². The highest BCUT2D eigenvalue weighted by Crippen LogP contribution is 2.29. The lowest BCUT2D eigenvalue weighted by Gasteiger charge is -2.12. The van der Waals surface area contributed by atoms with Gasteiger partial charge in [-0.25, -0.2) is 4.98 Å². The van der Waals surface area contributed by atoms with Crippen LogP contribution in [0.25, 0.3) is 21.9 Å². The number of hydrogen-bond acceptors (Lipinski definition) is 7. The number of methoxy groups -OCH3 is 1. The molecule has 0 saturated carbocycles. The number of carbonyl (C=O) groups is 1. The standard InChI is InChI=1S/C26H26N6O4/c1-5-21-29-23(36-30-21)13-31-14-27-24-18-11-17(35-4)9-10-20(18)32(25(24)26(31)34)12-22(33)28-19-8-6-7-15(2)16(19)3/h6-11,14H,5,12-13H2,1-4H3,(H,28,33). The van der Waals surface area contributed by atoms with E-state index in [1.807, 2.05) is 51.1 Å². The molecule has 1 amide bonds. The number of aromatic nitrogens is 5. The summed E-state index contributed by atoms with van der Waals surface area (Å²) < 4.78 is 13.7. The van der Waals surface area contributed by atoms with Crippen LogP contribution in [0.4, 0.5) is 5.69 Å². The molecular weight excluding hydrogens is 460 g/mol. The topological polar surface area (TPSA) is 117 Å². The number of nitrogens with one attached hydrogen (secondary N) is 1. The lowest BCUT2D eigenvalue weighted by atomic mass is 10.1. The minimum Gasteiger partial charge on any atom is -0.497 e. The Bertz CT molecular complexity index is 1660. The van der Waals surface area contributed by atoms with Gasteiger partial charge in [-0.05, 0) is 49.2 Å². The summed E-state index contributed by atoms with van der Waals surface area (Å²) in [5.74, 6) is 1.26. The largest absolute Gasteiger partial charge is 0.497 e. The summed E-state index contributed by atoms with van der Waals surface area (Å²) in [6.45, 7) is 5.88. The van der Waals surface area contributed by atoms with E-state index in [0.717, 1.165) is 22.2 Å². The molecule has 0 bridgehead atoms. The van der Waals surface area contributed by atoms with Gasteiger partial charge in [-0.15, -0.1) is 0 Å². The van der Waals surface area contributed by atoms with Crippen molar-refractivity contribution in [3.05, 3.63) is 75.9 Å². The molecule has 10 heteroatoms. The van der Waals surface area contributed by atoms with Crippen molar-refractivity contribution in [3.63, 3.8) is 0 Å². The van der Waals surface area contributed by atoms with E-state index in [2.05, 4.69) is 20.4 Å². The van der Waals surface area contributed by atoms with Gasteiger partial charge in [-0.2, -0.15) is 4.98 Å². The lowest BCUT2D eigenvalue weighted by molar-refractivity contribution is -0.116. The number of carbonyl (C=O) groups excluding carboxylic acids is 1. The number of fused-ring (bicyclic) bond motifs is 3. The second-order valence-corrected chi connectivity index (χ2v) is 8.60. The zero-order valence-corrected chi connectivity index (χ0v) is 20.5. The van der Waals surface area contributed by atoms with Crippen LogP contribution in [0.3, 0.4) is 0 Å². The van der Waals surface area contributed by atoms with Crippen LogP contribution in [0.5, 0.6) is 5.75 Å². The van der Waals surface area contributed by atoms with Crippen LogP contribution >= 0.6 is 0 Å². The maximum absolute atomic E-state index is 13.6. The predicted molar refractivity (Wildman–Crippen MR) is 135 cm³/mol. The molecule has 10 nitrogen and oxygen atoms in total. The number of aryl methyl sites for hydroxylation is 2. The van der Waals surface area contributed by atoms with Gasteiger partial charge in [0, 0.05) is 17.5 Å². The number of amides is 1. The summed E-state index contributed by atoms with van der Waals surface area (Å²) in [4.78, 5) is 35.7. The summed E-state index contributed by atoms with van der Waals surface area (Å²) >= 11 is 0. The minimum absolute atomic E-state index is 0.0683. The number of anilines is 1. The molecule has 3 heterocycles. The zero-order valence-electron chi connectivity index (χ0n) is 20.5. The van der Waals surface area contributed by atoms with Crippen molar-refractivity contribution in [2.24, 2.45) is 0 Å². The van der Waals surface area contributed by atoms with Crippen molar-refractivity contribution >= 4 is 33.5 Å². The van der Waals surface area contributed by atoms with Gasteiger partial charge in [0.15, 0.2) is 5.82 Å². The molecule has 0 spiro atoms. The van der Waals surface area contributed by atoms with Gasteiger partial charge >= 0.3 is 0 Å². The summed E-state index contributed by atoms with van der Waals surface area (Å²) in [5, 5.41) is 7.59. The van der Waals surface area contributed by atoms with E-state index in [1.54, 1.807) is 17.7 Å². The van der Waals surface area contributed by atoms with Gasteiger partial charge in [0.2, 0.25) is 11.8 Å². The first-order valence-corrected chi connectivity index (χ1v) is 11.6. The van der Waals surface area contributed by atoms with Gasteiger partial charge in [0.25, 0.3) is 5.56 Å². The second-order valence-electron chi connectivity index (χ2n) is 8.60. The molecule has 0 aliphatic rings. The minimum atomic E-state index is -0.314. The molecule has 0 atom stereocenters. The molecule has 1 N–H and O–H groups in total. The SMILES string of the molecule is CCc1noc(Cn2cnc3c4cc(OC)ccc4n(CC(=O)Nc4cccc(C)c4C)c3c2=O)n1. The van der Waals surface area contributed by atoms with E-state index in [-0.39, 0.29) is 24.6 Å². The Morgan fingerprint density at radius 3 is 2.78 bits per heavy atom. The second kappa shape index (κ2) is 9.29. The molecule has 184 valence electrons. The number of benzene rings is 2. The van der Waals surface area contributed by atoms with E-state index < -0.39 is 0 Å². The van der Waals surface area contributed by atoms with Crippen LogP contribution < -0.4 is 15.6 Å². The van der Waals surface area contributed by atoms with Crippen molar-refractivity contribution in [2.45, 2.75) is 40.3 Å². The summed E-state index contributed by atoms with van der Waals surface area (Å²) in [7, 11) is 1.58. The molecule has 0 saturated heterocycles. The fraction of sp³-hybridized carbons (Fsp3) is 0.269. The van der Waals surface area contributed by atoms with E-state index in [4.69, 9.17) is 9.26 Å². The highest BCUT2D eigenvalue weighted by atomic mass is 16.5. The Kier molecular flexibility index (Phi) is 6.01. The van der Waals surface area contributed by atoms with Crippen LogP contribution in [-0.2, 0) is 24.3 Å². The summed E-state index contributed by atoms with van der Waals surface area (Å²) in [5.41, 5.74) is 4.00. The van der Waals surface area contributed by atoms with Crippen LogP contribution in [-0.4, -0.2) is 37.3 Å². The predicted octanol–water partition coefficient (Wildman–Crippen LogP) is 3.61. The van der Waals surface area contributed by atoms with Crippen molar-refractivity contribution < 1.29 is 14.1 Å². The Morgan fingerprint density at radius 2 is 2.03 bits per heavy atom. The highest BCUT2D eigenvalue weighted by molar-refractivity contribution is 6.07. The third kappa shape index (κ3) is 4.10. The molecule has 0 aliphatic carbocycles. The molecule has 5 rings (SSSR count). The average molecular weight is 487 g/mol. The number of rotatable bonds is 7.